The molecule has 6 atom stereocenters. The number of hydrogen-bond donors (Lipinski definition) is 1. The Morgan fingerprint density at radius 3 is 2.87 bits per heavy atom. The molecule has 1 unspecified atom stereocenters. The second-order valence-electron chi connectivity index (χ2n) is 6.46. The number of fused-ring (bicyclic) bond motifs is 1. The van der Waals surface area contributed by atoms with Crippen molar-refractivity contribution < 1.29 is 28.8 Å². The summed E-state index contributed by atoms with van der Waals surface area (Å²) in [5.74, 6) is -0.804. The molecule has 0 spiro atoms. The van der Waals surface area contributed by atoms with Crippen LogP contribution in [0.2, 0.25) is 0 Å². The molecule has 3 rings (SSSR count). The maximum atomic E-state index is 10.4. The Labute approximate surface area is 134 Å². The van der Waals surface area contributed by atoms with Gasteiger partial charge < -0.3 is 28.8 Å². The highest BCUT2D eigenvalue weighted by atomic mass is 16.8. The predicted octanol–water partition coefficient (Wildman–Crippen LogP) is 1.45. The van der Waals surface area contributed by atoms with E-state index in [9.17, 15) is 5.11 Å². The summed E-state index contributed by atoms with van der Waals surface area (Å²) in [6.45, 7) is 4.29. The van der Waals surface area contributed by atoms with Gasteiger partial charge in [0, 0.05) is 11.5 Å². The van der Waals surface area contributed by atoms with Crippen molar-refractivity contribution >= 4 is 0 Å². The fourth-order valence-corrected chi connectivity index (χ4v) is 3.14. The van der Waals surface area contributed by atoms with E-state index in [2.05, 4.69) is 10.0 Å². The van der Waals surface area contributed by atoms with Crippen LogP contribution in [0.25, 0.3) is 10.4 Å². The Balaban J connectivity index is 1.59. The van der Waals surface area contributed by atoms with Gasteiger partial charge in [0.05, 0.1) is 12.6 Å². The van der Waals surface area contributed by atoms with Crippen molar-refractivity contribution in [2.24, 2.45) is 5.11 Å². The molecule has 0 bridgehead atoms. The van der Waals surface area contributed by atoms with Gasteiger partial charge in [-0.15, -0.1) is 0 Å². The van der Waals surface area contributed by atoms with Crippen molar-refractivity contribution in [2.45, 2.75) is 75.8 Å². The highest BCUT2D eigenvalue weighted by Crippen LogP contribution is 2.38. The van der Waals surface area contributed by atoms with E-state index in [4.69, 9.17) is 29.2 Å². The Morgan fingerprint density at radius 2 is 2.22 bits per heavy atom. The molecule has 130 valence electrons. The van der Waals surface area contributed by atoms with E-state index in [0.717, 1.165) is 19.3 Å². The summed E-state index contributed by atoms with van der Waals surface area (Å²) in [6, 6.07) is -0.679. The molecule has 3 aliphatic rings. The molecule has 9 heteroatoms. The van der Waals surface area contributed by atoms with Crippen LogP contribution in [0.5, 0.6) is 0 Å². The highest BCUT2D eigenvalue weighted by molar-refractivity contribution is 4.98. The second-order valence-corrected chi connectivity index (χ2v) is 6.46. The molecule has 3 heterocycles. The number of aliphatic hydroxyl groups excluding tert-OH is 1. The molecule has 0 amide bonds. The molecular weight excluding hydrogens is 306 g/mol. The summed E-state index contributed by atoms with van der Waals surface area (Å²) >= 11 is 0. The van der Waals surface area contributed by atoms with E-state index in [1.54, 1.807) is 13.8 Å². The van der Waals surface area contributed by atoms with Crippen LogP contribution in [-0.2, 0) is 23.7 Å². The van der Waals surface area contributed by atoms with Crippen LogP contribution >= 0.6 is 0 Å². The predicted molar refractivity (Wildman–Crippen MR) is 77.2 cm³/mol. The molecule has 0 saturated carbocycles. The van der Waals surface area contributed by atoms with Gasteiger partial charge in [-0.1, -0.05) is 5.11 Å². The lowest BCUT2D eigenvalue weighted by Crippen LogP contribution is -2.42. The zero-order valence-corrected chi connectivity index (χ0v) is 13.3. The number of aliphatic hydroxyl groups is 1. The van der Waals surface area contributed by atoms with Gasteiger partial charge in [-0.2, -0.15) is 0 Å². The fourth-order valence-electron chi connectivity index (χ4n) is 3.14. The molecule has 0 aromatic heterocycles. The van der Waals surface area contributed by atoms with Crippen molar-refractivity contribution in [3.63, 3.8) is 0 Å². The molecule has 0 radical (unpaired) electrons. The van der Waals surface area contributed by atoms with E-state index in [1.807, 2.05) is 0 Å². The summed E-state index contributed by atoms with van der Waals surface area (Å²) in [7, 11) is 0. The van der Waals surface area contributed by atoms with Gasteiger partial charge in [-0.05, 0) is 38.6 Å². The Kier molecular flexibility index (Phi) is 5.07. The van der Waals surface area contributed by atoms with Gasteiger partial charge in [-0.25, -0.2) is 0 Å². The lowest BCUT2D eigenvalue weighted by Gasteiger charge is -2.28. The Bertz CT molecular complexity index is 463. The molecular formula is C14H23N3O6. The van der Waals surface area contributed by atoms with Crippen LogP contribution in [-0.4, -0.2) is 61.0 Å². The lowest BCUT2D eigenvalue weighted by atomic mass is 10.0. The maximum absolute atomic E-state index is 10.4. The van der Waals surface area contributed by atoms with Gasteiger partial charge in [0.15, 0.2) is 18.4 Å². The lowest BCUT2D eigenvalue weighted by molar-refractivity contribution is -0.222. The van der Waals surface area contributed by atoms with Gasteiger partial charge >= 0.3 is 0 Å². The Hall–Kier alpha value is -0.930. The fraction of sp³-hybridized carbons (Fsp3) is 1.00. The molecule has 3 fully saturated rings. The van der Waals surface area contributed by atoms with E-state index >= 15 is 0 Å². The van der Waals surface area contributed by atoms with E-state index in [0.29, 0.717) is 6.61 Å². The van der Waals surface area contributed by atoms with Crippen LogP contribution in [0.15, 0.2) is 5.11 Å². The second kappa shape index (κ2) is 6.90. The number of hydrogen-bond acceptors (Lipinski definition) is 7. The first-order valence-corrected chi connectivity index (χ1v) is 7.97. The van der Waals surface area contributed by atoms with Crippen molar-refractivity contribution in [3.8, 4) is 0 Å². The minimum Gasteiger partial charge on any atom is -0.387 e. The van der Waals surface area contributed by atoms with Gasteiger partial charge in [0.2, 0.25) is 0 Å². The standard InChI is InChI=1S/C14H23N3O6/c1-14(2)22-12-10(18)11(21-13(12)23-14)8(16-17-15)7-20-9-5-3-4-6-19-9/h8-13,18H,3-7H2,1-2H3/t8-,9?,10+,11+,12-,13-/m1/s1. The summed E-state index contributed by atoms with van der Waals surface area (Å²) in [6.07, 6.45) is -0.385. The van der Waals surface area contributed by atoms with Crippen molar-refractivity contribution in [1.82, 2.24) is 0 Å². The SMILES string of the molecule is CC1(C)O[C@H]2O[C@@H]([C@@H](COC3CCCCO3)N=[N+]=[N-])[C@H](O)[C@H]2O1. The quantitative estimate of drug-likeness (QED) is 0.463. The van der Waals surface area contributed by atoms with E-state index in [-0.39, 0.29) is 12.9 Å². The highest BCUT2D eigenvalue weighted by Gasteiger charge is 2.55. The molecule has 23 heavy (non-hydrogen) atoms. The summed E-state index contributed by atoms with van der Waals surface area (Å²) in [5, 5.41) is 14.1. The molecule has 1 N–H and O–H groups in total. The number of ether oxygens (including phenoxy) is 5. The summed E-state index contributed by atoms with van der Waals surface area (Å²) < 4.78 is 28.1. The topological polar surface area (TPSA) is 115 Å². The summed E-state index contributed by atoms with van der Waals surface area (Å²) in [5.41, 5.74) is 8.78. The third-order valence-electron chi connectivity index (χ3n) is 4.22. The largest absolute Gasteiger partial charge is 0.387 e. The third-order valence-corrected chi connectivity index (χ3v) is 4.22. The minimum atomic E-state index is -0.951. The van der Waals surface area contributed by atoms with Crippen LogP contribution in [0, 0.1) is 0 Å². The average molecular weight is 329 g/mol. The van der Waals surface area contributed by atoms with Crippen LogP contribution in [0.1, 0.15) is 33.1 Å². The van der Waals surface area contributed by atoms with Crippen LogP contribution < -0.4 is 0 Å². The number of rotatable bonds is 5. The normalized spacial score (nSPS) is 40.4. The first-order valence-electron chi connectivity index (χ1n) is 7.97. The Morgan fingerprint density at radius 1 is 1.39 bits per heavy atom. The molecule has 3 saturated heterocycles. The van der Waals surface area contributed by atoms with E-state index < -0.39 is 36.4 Å². The zero-order valence-electron chi connectivity index (χ0n) is 13.3. The molecule has 0 aromatic rings. The molecule has 3 aliphatic heterocycles. The zero-order chi connectivity index (χ0) is 16.4. The van der Waals surface area contributed by atoms with Crippen molar-refractivity contribution in [2.75, 3.05) is 13.2 Å². The first-order chi connectivity index (χ1) is 11.0. The van der Waals surface area contributed by atoms with E-state index in [1.165, 1.54) is 0 Å². The number of azide groups is 1. The van der Waals surface area contributed by atoms with Gasteiger partial charge in [0.1, 0.15) is 18.3 Å². The van der Waals surface area contributed by atoms with Gasteiger partial charge in [0.25, 0.3) is 0 Å². The van der Waals surface area contributed by atoms with Gasteiger partial charge in [-0.3, -0.25) is 0 Å². The first kappa shape index (κ1) is 16.9. The van der Waals surface area contributed by atoms with Crippen molar-refractivity contribution in [3.05, 3.63) is 10.4 Å². The maximum Gasteiger partial charge on any atom is 0.190 e. The number of nitrogens with zero attached hydrogens (tertiary/aromatic N) is 3. The smallest absolute Gasteiger partial charge is 0.190 e. The molecule has 0 aliphatic carbocycles. The van der Waals surface area contributed by atoms with Crippen molar-refractivity contribution in [1.29, 1.82) is 0 Å². The minimum absolute atomic E-state index is 0.110. The van der Waals surface area contributed by atoms with Crippen LogP contribution in [0.4, 0.5) is 0 Å². The molecule has 9 nitrogen and oxygen atoms in total. The van der Waals surface area contributed by atoms with Crippen LogP contribution in [0.3, 0.4) is 0 Å². The molecule has 0 aromatic carbocycles. The monoisotopic (exact) mass is 329 g/mol. The average Bonchev–Trinajstić information content (AvgIpc) is 2.98. The summed E-state index contributed by atoms with van der Waals surface area (Å²) in [4.78, 5) is 2.83. The third kappa shape index (κ3) is 3.77.